The third-order valence-electron chi connectivity index (χ3n) is 3.82. The molecule has 2 aromatic rings. The molecule has 0 spiro atoms. The Balaban J connectivity index is 1.75. The predicted octanol–water partition coefficient (Wildman–Crippen LogP) is 1.13. The van der Waals surface area contributed by atoms with Crippen molar-refractivity contribution in [2.75, 3.05) is 18.5 Å². The average Bonchev–Trinajstić information content (AvgIpc) is 2.93. The standard InChI is InChI=1S/C18H21N3O5S/c1-11-5-4-6-12(2)17(11)20-14(22)7-19-15(23)9-26-16(24)8-21-13(3)10-27-18(21)25/h4-6,10H,7-9H2,1-3H3,(H,19,23)(H,20,22). The zero-order chi connectivity index (χ0) is 20.0. The number of nitrogens with zero attached hydrogens (tertiary/aromatic N) is 1. The van der Waals surface area contributed by atoms with E-state index in [-0.39, 0.29) is 23.9 Å². The van der Waals surface area contributed by atoms with Crippen molar-refractivity contribution in [3.05, 3.63) is 50.1 Å². The lowest BCUT2D eigenvalue weighted by atomic mass is 10.1. The zero-order valence-corrected chi connectivity index (χ0v) is 16.1. The zero-order valence-electron chi connectivity index (χ0n) is 15.3. The molecule has 2 amide bonds. The van der Waals surface area contributed by atoms with Crippen LogP contribution in [-0.4, -0.2) is 35.5 Å². The molecule has 27 heavy (non-hydrogen) atoms. The fourth-order valence-electron chi connectivity index (χ4n) is 2.34. The lowest BCUT2D eigenvalue weighted by Crippen LogP contribution is -2.36. The summed E-state index contributed by atoms with van der Waals surface area (Å²) in [5, 5.41) is 6.76. The first kappa shape index (κ1) is 20.4. The molecule has 0 saturated carbocycles. The number of aromatic nitrogens is 1. The summed E-state index contributed by atoms with van der Waals surface area (Å²) in [6.45, 7) is 4.43. The number of carbonyl (C=O) groups is 3. The molecule has 1 heterocycles. The van der Waals surface area contributed by atoms with Gasteiger partial charge in [-0.05, 0) is 31.9 Å². The topological polar surface area (TPSA) is 106 Å². The number of para-hydroxylation sites is 1. The summed E-state index contributed by atoms with van der Waals surface area (Å²) >= 11 is 0.987. The minimum Gasteiger partial charge on any atom is -0.454 e. The number of anilines is 1. The maximum atomic E-state index is 12.0. The van der Waals surface area contributed by atoms with Gasteiger partial charge in [-0.25, -0.2) is 0 Å². The van der Waals surface area contributed by atoms with E-state index in [0.29, 0.717) is 11.4 Å². The lowest BCUT2D eigenvalue weighted by Gasteiger charge is -2.12. The molecular formula is C18H21N3O5S. The van der Waals surface area contributed by atoms with E-state index in [0.717, 1.165) is 22.5 Å². The van der Waals surface area contributed by atoms with Crippen LogP contribution in [0.5, 0.6) is 0 Å². The number of carbonyl (C=O) groups excluding carboxylic acids is 3. The van der Waals surface area contributed by atoms with Crippen LogP contribution in [0.25, 0.3) is 0 Å². The second-order valence-corrected chi connectivity index (χ2v) is 6.80. The first-order chi connectivity index (χ1) is 12.8. The first-order valence-corrected chi connectivity index (χ1v) is 9.09. The Kier molecular flexibility index (Phi) is 6.89. The molecule has 9 heteroatoms. The third-order valence-corrected chi connectivity index (χ3v) is 4.70. The number of benzene rings is 1. The minimum atomic E-state index is -0.700. The highest BCUT2D eigenvalue weighted by Crippen LogP contribution is 2.18. The van der Waals surface area contributed by atoms with Crippen molar-refractivity contribution in [2.24, 2.45) is 0 Å². The molecule has 0 saturated heterocycles. The molecule has 1 aromatic carbocycles. The Bertz CT molecular complexity index is 896. The van der Waals surface area contributed by atoms with E-state index in [1.165, 1.54) is 4.57 Å². The smallest absolute Gasteiger partial charge is 0.326 e. The summed E-state index contributed by atoms with van der Waals surface area (Å²) in [6, 6.07) is 5.64. The number of rotatable bonds is 7. The number of ether oxygens (including phenoxy) is 1. The second-order valence-electron chi connectivity index (χ2n) is 5.98. The number of aryl methyl sites for hydroxylation is 3. The molecule has 2 N–H and O–H groups in total. The van der Waals surface area contributed by atoms with Crippen molar-refractivity contribution in [3.63, 3.8) is 0 Å². The number of hydrogen-bond acceptors (Lipinski definition) is 6. The van der Waals surface area contributed by atoms with Crippen LogP contribution in [0.15, 0.2) is 28.4 Å². The molecule has 0 aliphatic rings. The van der Waals surface area contributed by atoms with Crippen molar-refractivity contribution in [3.8, 4) is 0 Å². The summed E-state index contributed by atoms with van der Waals surface area (Å²) in [5.41, 5.74) is 3.19. The molecule has 0 aliphatic heterocycles. The van der Waals surface area contributed by atoms with Gasteiger partial charge in [0.05, 0.1) is 6.54 Å². The van der Waals surface area contributed by atoms with E-state index < -0.39 is 18.5 Å². The SMILES string of the molecule is Cc1cccc(C)c1NC(=O)CNC(=O)COC(=O)Cn1c(C)csc1=O. The minimum absolute atomic E-state index is 0.243. The quantitative estimate of drug-likeness (QED) is 0.688. The molecule has 0 fully saturated rings. The maximum Gasteiger partial charge on any atom is 0.326 e. The van der Waals surface area contributed by atoms with Gasteiger partial charge in [0.25, 0.3) is 5.91 Å². The summed E-state index contributed by atoms with van der Waals surface area (Å²) in [7, 11) is 0. The van der Waals surface area contributed by atoms with E-state index in [2.05, 4.69) is 10.6 Å². The van der Waals surface area contributed by atoms with Crippen molar-refractivity contribution in [1.29, 1.82) is 0 Å². The summed E-state index contributed by atoms with van der Waals surface area (Å²) in [4.78, 5) is 46.7. The van der Waals surface area contributed by atoms with Gasteiger partial charge < -0.3 is 15.4 Å². The van der Waals surface area contributed by atoms with E-state index in [9.17, 15) is 19.2 Å². The largest absolute Gasteiger partial charge is 0.454 e. The van der Waals surface area contributed by atoms with Crippen molar-refractivity contribution < 1.29 is 19.1 Å². The Morgan fingerprint density at radius 2 is 1.78 bits per heavy atom. The Hall–Kier alpha value is -2.94. The van der Waals surface area contributed by atoms with Crippen LogP contribution in [0.2, 0.25) is 0 Å². The van der Waals surface area contributed by atoms with E-state index >= 15 is 0 Å². The highest BCUT2D eigenvalue weighted by Gasteiger charge is 2.13. The maximum absolute atomic E-state index is 12.0. The summed E-state index contributed by atoms with van der Waals surface area (Å²) < 4.78 is 6.10. The normalized spacial score (nSPS) is 10.3. The predicted molar refractivity (Wildman–Crippen MR) is 102 cm³/mol. The molecule has 8 nitrogen and oxygen atoms in total. The van der Waals surface area contributed by atoms with Crippen LogP contribution in [-0.2, 0) is 25.7 Å². The van der Waals surface area contributed by atoms with E-state index in [1.807, 2.05) is 32.0 Å². The molecule has 0 bridgehead atoms. The third kappa shape index (κ3) is 5.78. The van der Waals surface area contributed by atoms with Gasteiger partial charge in [0.1, 0.15) is 6.54 Å². The average molecular weight is 391 g/mol. The fraction of sp³-hybridized carbons (Fsp3) is 0.333. The number of nitrogens with one attached hydrogen (secondary N) is 2. The monoisotopic (exact) mass is 391 g/mol. The number of hydrogen-bond donors (Lipinski definition) is 2. The fourth-order valence-corrected chi connectivity index (χ4v) is 3.08. The van der Waals surface area contributed by atoms with E-state index in [1.54, 1.807) is 12.3 Å². The second kappa shape index (κ2) is 9.13. The number of amides is 2. The van der Waals surface area contributed by atoms with Crippen LogP contribution in [0.4, 0.5) is 5.69 Å². The molecule has 0 aliphatic carbocycles. The highest BCUT2D eigenvalue weighted by molar-refractivity contribution is 7.07. The van der Waals surface area contributed by atoms with Gasteiger partial charge in [0.15, 0.2) is 6.61 Å². The molecule has 0 unspecified atom stereocenters. The Morgan fingerprint density at radius 3 is 2.37 bits per heavy atom. The van der Waals surface area contributed by atoms with Crippen LogP contribution in [0, 0.1) is 20.8 Å². The molecule has 0 radical (unpaired) electrons. The van der Waals surface area contributed by atoms with Gasteiger partial charge in [-0.15, -0.1) is 0 Å². The molecule has 2 rings (SSSR count). The van der Waals surface area contributed by atoms with Gasteiger partial charge in [-0.2, -0.15) is 0 Å². The van der Waals surface area contributed by atoms with Gasteiger partial charge in [0.2, 0.25) is 5.91 Å². The van der Waals surface area contributed by atoms with Crippen LogP contribution in [0.3, 0.4) is 0 Å². The molecule has 0 atom stereocenters. The molecular weight excluding hydrogens is 370 g/mol. The van der Waals surface area contributed by atoms with Gasteiger partial charge in [0, 0.05) is 16.8 Å². The van der Waals surface area contributed by atoms with Crippen molar-refractivity contribution in [1.82, 2.24) is 9.88 Å². The van der Waals surface area contributed by atoms with Crippen molar-refractivity contribution in [2.45, 2.75) is 27.3 Å². The number of esters is 1. The lowest BCUT2D eigenvalue weighted by molar-refractivity contribution is -0.149. The Labute approximate surface area is 160 Å². The summed E-state index contributed by atoms with van der Waals surface area (Å²) in [5.74, 6) is -1.68. The van der Waals surface area contributed by atoms with Crippen LogP contribution >= 0.6 is 11.3 Å². The van der Waals surface area contributed by atoms with Gasteiger partial charge in [-0.1, -0.05) is 29.5 Å². The van der Waals surface area contributed by atoms with Crippen LogP contribution in [0.1, 0.15) is 16.8 Å². The van der Waals surface area contributed by atoms with Crippen LogP contribution < -0.4 is 15.5 Å². The molecule has 144 valence electrons. The number of thiazole rings is 1. The van der Waals surface area contributed by atoms with Crippen molar-refractivity contribution >= 4 is 34.8 Å². The summed E-state index contributed by atoms with van der Waals surface area (Å²) in [6.07, 6.45) is 0. The Morgan fingerprint density at radius 1 is 1.11 bits per heavy atom. The highest BCUT2D eigenvalue weighted by atomic mass is 32.1. The van der Waals surface area contributed by atoms with Gasteiger partial charge in [-0.3, -0.25) is 23.7 Å². The first-order valence-electron chi connectivity index (χ1n) is 8.21. The van der Waals surface area contributed by atoms with Gasteiger partial charge >= 0.3 is 10.8 Å². The van der Waals surface area contributed by atoms with E-state index in [4.69, 9.17) is 4.74 Å². The molecule has 1 aromatic heterocycles.